The highest BCUT2D eigenvalue weighted by molar-refractivity contribution is 6.30. The van der Waals surface area contributed by atoms with E-state index in [1.165, 1.54) is 18.2 Å². The number of nitrogens with zero attached hydrogens (tertiary/aromatic N) is 1. The van der Waals surface area contributed by atoms with Crippen LogP contribution >= 0.6 is 11.6 Å². The van der Waals surface area contributed by atoms with Crippen molar-refractivity contribution in [1.82, 2.24) is 0 Å². The normalized spacial score (nSPS) is 10.2. The largest absolute Gasteiger partial charge is 0.452 e. The van der Waals surface area contributed by atoms with Gasteiger partial charge in [0.1, 0.15) is 11.5 Å². The summed E-state index contributed by atoms with van der Waals surface area (Å²) in [6.45, 7) is 0.926. The summed E-state index contributed by atoms with van der Waals surface area (Å²) in [5, 5.41) is 13.4. The highest BCUT2D eigenvalue weighted by Crippen LogP contribution is 2.25. The fraction of sp³-hybridized carbons (Fsp3) is 0.125. The molecular formula is C16H12ClFN2O5. The van der Waals surface area contributed by atoms with E-state index >= 15 is 0 Å². The lowest BCUT2D eigenvalue weighted by molar-refractivity contribution is -0.384. The first-order valence-electron chi connectivity index (χ1n) is 6.95. The van der Waals surface area contributed by atoms with Gasteiger partial charge in [-0.05, 0) is 36.8 Å². The molecule has 130 valence electrons. The molecule has 0 saturated carbocycles. The summed E-state index contributed by atoms with van der Waals surface area (Å²) >= 11 is 5.67. The van der Waals surface area contributed by atoms with Crippen LogP contribution in [-0.4, -0.2) is 23.4 Å². The molecule has 25 heavy (non-hydrogen) atoms. The number of hydrogen-bond acceptors (Lipinski definition) is 5. The van der Waals surface area contributed by atoms with E-state index in [2.05, 4.69) is 5.32 Å². The molecule has 0 heterocycles. The van der Waals surface area contributed by atoms with Gasteiger partial charge in [0.2, 0.25) is 0 Å². The quantitative estimate of drug-likeness (QED) is 0.496. The molecule has 0 aliphatic rings. The summed E-state index contributed by atoms with van der Waals surface area (Å²) in [7, 11) is 0. The molecular weight excluding hydrogens is 355 g/mol. The summed E-state index contributed by atoms with van der Waals surface area (Å²) in [5.74, 6) is -2.72. The maximum absolute atomic E-state index is 13.5. The van der Waals surface area contributed by atoms with Gasteiger partial charge in [-0.25, -0.2) is 9.18 Å². The van der Waals surface area contributed by atoms with E-state index in [9.17, 15) is 24.1 Å². The summed E-state index contributed by atoms with van der Waals surface area (Å²) in [4.78, 5) is 34.0. The van der Waals surface area contributed by atoms with Gasteiger partial charge < -0.3 is 10.1 Å². The number of carbonyl (C=O) groups excluding carboxylic acids is 2. The predicted octanol–water partition coefficient (Wildman–Crippen LogP) is 3.49. The number of amides is 1. The number of aryl methyl sites for hydroxylation is 1. The van der Waals surface area contributed by atoms with Crippen LogP contribution < -0.4 is 5.32 Å². The van der Waals surface area contributed by atoms with Crippen molar-refractivity contribution in [3.05, 3.63) is 68.5 Å². The lowest BCUT2D eigenvalue weighted by Gasteiger charge is -2.08. The van der Waals surface area contributed by atoms with Crippen LogP contribution in [0.25, 0.3) is 0 Å². The zero-order chi connectivity index (χ0) is 18.6. The van der Waals surface area contributed by atoms with Crippen molar-refractivity contribution >= 4 is 34.9 Å². The lowest BCUT2D eigenvalue weighted by Crippen LogP contribution is -2.21. The second kappa shape index (κ2) is 7.71. The summed E-state index contributed by atoms with van der Waals surface area (Å²) in [6.07, 6.45) is 0. The summed E-state index contributed by atoms with van der Waals surface area (Å²) < 4.78 is 18.2. The average molecular weight is 367 g/mol. The zero-order valence-corrected chi connectivity index (χ0v) is 13.7. The number of esters is 1. The summed E-state index contributed by atoms with van der Waals surface area (Å²) in [6, 6.07) is 7.57. The molecule has 0 saturated heterocycles. The van der Waals surface area contributed by atoms with Gasteiger partial charge in [-0.1, -0.05) is 17.7 Å². The molecule has 9 heteroatoms. The third-order valence-electron chi connectivity index (χ3n) is 3.11. The van der Waals surface area contributed by atoms with Crippen LogP contribution in [0.1, 0.15) is 15.9 Å². The van der Waals surface area contributed by atoms with Crippen LogP contribution in [0.2, 0.25) is 5.02 Å². The number of hydrogen-bond donors (Lipinski definition) is 1. The number of benzene rings is 2. The first-order chi connectivity index (χ1) is 11.8. The van der Waals surface area contributed by atoms with Gasteiger partial charge in [0.05, 0.1) is 10.5 Å². The number of halogens is 2. The Balaban J connectivity index is 2.03. The maximum Gasteiger partial charge on any atom is 0.341 e. The van der Waals surface area contributed by atoms with E-state index in [1.807, 2.05) is 0 Å². The Morgan fingerprint density at radius 2 is 2.00 bits per heavy atom. The minimum Gasteiger partial charge on any atom is -0.452 e. The van der Waals surface area contributed by atoms with Crippen LogP contribution in [0, 0.1) is 22.9 Å². The number of nitrogens with one attached hydrogen (secondary N) is 1. The third kappa shape index (κ3) is 4.74. The van der Waals surface area contributed by atoms with E-state index in [0.717, 1.165) is 12.1 Å². The smallest absolute Gasteiger partial charge is 0.341 e. The molecule has 0 aliphatic carbocycles. The van der Waals surface area contributed by atoms with Crippen molar-refractivity contribution in [2.75, 3.05) is 11.9 Å². The van der Waals surface area contributed by atoms with E-state index in [4.69, 9.17) is 16.3 Å². The molecule has 7 nitrogen and oxygen atoms in total. The van der Waals surface area contributed by atoms with Crippen LogP contribution in [0.15, 0.2) is 36.4 Å². The molecule has 2 aromatic rings. The minimum atomic E-state index is -1.08. The molecule has 0 aliphatic heterocycles. The van der Waals surface area contributed by atoms with Crippen LogP contribution in [-0.2, 0) is 9.53 Å². The van der Waals surface area contributed by atoms with Crippen molar-refractivity contribution < 1.29 is 23.6 Å². The van der Waals surface area contributed by atoms with Gasteiger partial charge in [0.25, 0.3) is 11.6 Å². The van der Waals surface area contributed by atoms with Crippen LogP contribution in [0.3, 0.4) is 0 Å². The second-order valence-electron chi connectivity index (χ2n) is 5.03. The topological polar surface area (TPSA) is 98.5 Å². The Morgan fingerprint density at radius 1 is 1.28 bits per heavy atom. The molecule has 0 fully saturated rings. The SMILES string of the molecule is Cc1ccc(NC(=O)COC(=O)c2cc(Cl)ccc2F)c([N+](=O)[O-])c1. The highest BCUT2D eigenvalue weighted by Gasteiger charge is 2.18. The molecule has 1 N–H and O–H groups in total. The Bertz CT molecular complexity index is 856. The van der Waals surface area contributed by atoms with Crippen molar-refractivity contribution in [1.29, 1.82) is 0 Å². The number of ether oxygens (including phenoxy) is 1. The first kappa shape index (κ1) is 18.3. The van der Waals surface area contributed by atoms with Gasteiger partial charge in [0.15, 0.2) is 6.61 Å². The van der Waals surface area contributed by atoms with E-state index < -0.39 is 34.8 Å². The average Bonchev–Trinajstić information content (AvgIpc) is 2.56. The molecule has 0 unspecified atom stereocenters. The van der Waals surface area contributed by atoms with Crippen molar-refractivity contribution in [2.45, 2.75) is 6.92 Å². The molecule has 1 amide bonds. The van der Waals surface area contributed by atoms with E-state index in [0.29, 0.717) is 5.56 Å². The molecule has 0 radical (unpaired) electrons. The maximum atomic E-state index is 13.5. The Labute approximate surface area is 146 Å². The fourth-order valence-corrected chi connectivity index (χ4v) is 2.12. The predicted molar refractivity (Wildman–Crippen MR) is 88.2 cm³/mol. The summed E-state index contributed by atoms with van der Waals surface area (Å²) in [5.41, 5.74) is -0.0969. The van der Waals surface area contributed by atoms with Crippen molar-refractivity contribution in [3.63, 3.8) is 0 Å². The molecule has 0 spiro atoms. The van der Waals surface area contributed by atoms with Crippen molar-refractivity contribution in [2.24, 2.45) is 0 Å². The third-order valence-corrected chi connectivity index (χ3v) is 3.34. The zero-order valence-electron chi connectivity index (χ0n) is 12.9. The van der Waals surface area contributed by atoms with Gasteiger partial charge in [-0.15, -0.1) is 0 Å². The molecule has 2 rings (SSSR count). The van der Waals surface area contributed by atoms with Gasteiger partial charge in [-0.2, -0.15) is 0 Å². The first-order valence-corrected chi connectivity index (χ1v) is 7.33. The molecule has 0 aromatic heterocycles. The highest BCUT2D eigenvalue weighted by atomic mass is 35.5. The van der Waals surface area contributed by atoms with Crippen LogP contribution in [0.5, 0.6) is 0 Å². The lowest BCUT2D eigenvalue weighted by atomic mass is 10.2. The molecule has 0 bridgehead atoms. The number of rotatable bonds is 5. The minimum absolute atomic E-state index is 0.0365. The number of nitro groups is 1. The van der Waals surface area contributed by atoms with E-state index in [-0.39, 0.29) is 16.4 Å². The fourth-order valence-electron chi connectivity index (χ4n) is 1.95. The van der Waals surface area contributed by atoms with Gasteiger partial charge >= 0.3 is 5.97 Å². The number of nitro benzene ring substituents is 1. The molecule has 0 atom stereocenters. The Hall–Kier alpha value is -3.00. The van der Waals surface area contributed by atoms with Gasteiger partial charge in [0, 0.05) is 11.1 Å². The standard InChI is InChI=1S/C16H12ClFN2O5/c1-9-2-5-13(14(6-9)20(23)24)19-15(21)8-25-16(22)11-7-10(17)3-4-12(11)18/h2-7H,8H2,1H3,(H,19,21). The van der Waals surface area contributed by atoms with Crippen molar-refractivity contribution in [3.8, 4) is 0 Å². The Morgan fingerprint density at radius 3 is 2.68 bits per heavy atom. The van der Waals surface area contributed by atoms with Crippen LogP contribution in [0.4, 0.5) is 15.8 Å². The van der Waals surface area contributed by atoms with Gasteiger partial charge in [-0.3, -0.25) is 14.9 Å². The monoisotopic (exact) mass is 366 g/mol. The van der Waals surface area contributed by atoms with E-state index in [1.54, 1.807) is 13.0 Å². The molecule has 2 aromatic carbocycles. The number of anilines is 1. The Kier molecular flexibility index (Phi) is 5.66. The number of carbonyl (C=O) groups is 2. The second-order valence-corrected chi connectivity index (χ2v) is 5.46.